The lowest BCUT2D eigenvalue weighted by Gasteiger charge is -2.11. The Kier molecular flexibility index (Phi) is 5.66. The summed E-state index contributed by atoms with van der Waals surface area (Å²) in [4.78, 5) is 16.2. The normalized spacial score (nSPS) is 11.7. The summed E-state index contributed by atoms with van der Waals surface area (Å²) < 4.78 is 54.5. The van der Waals surface area contributed by atoms with Crippen LogP contribution in [-0.4, -0.2) is 30.1 Å². The minimum Gasteiger partial charge on any atom is -0.299 e. The van der Waals surface area contributed by atoms with Gasteiger partial charge in [0.15, 0.2) is 0 Å². The molecule has 0 atom stereocenters. The molecule has 0 aliphatic heterocycles. The van der Waals surface area contributed by atoms with Gasteiger partial charge in [-0.05, 0) is 29.8 Å². The van der Waals surface area contributed by atoms with Crippen LogP contribution in [0.2, 0.25) is 10.0 Å². The van der Waals surface area contributed by atoms with Crippen LogP contribution in [0.5, 0.6) is 0 Å². The molecule has 2 aromatic heterocycles. The van der Waals surface area contributed by atoms with E-state index in [9.17, 15) is 22.0 Å². The van der Waals surface area contributed by atoms with Crippen LogP contribution in [0.3, 0.4) is 0 Å². The molecule has 1 amide bonds. The van der Waals surface area contributed by atoms with Crippen molar-refractivity contribution >= 4 is 50.2 Å². The fourth-order valence-electron chi connectivity index (χ4n) is 3.24. The van der Waals surface area contributed by atoms with Crippen LogP contribution in [0.15, 0.2) is 54.9 Å². The Hall–Kier alpha value is -3.01. The van der Waals surface area contributed by atoms with Crippen molar-refractivity contribution in [1.82, 2.24) is 14.3 Å². The Labute approximate surface area is 191 Å². The van der Waals surface area contributed by atoms with Gasteiger partial charge in [0.2, 0.25) is 10.0 Å². The third-order valence-corrected chi connectivity index (χ3v) is 5.69. The van der Waals surface area contributed by atoms with Gasteiger partial charge in [0, 0.05) is 28.2 Å². The van der Waals surface area contributed by atoms with Gasteiger partial charge in [-0.1, -0.05) is 35.3 Å². The monoisotopic (exact) mass is 495 g/mol. The smallest absolute Gasteiger partial charge is 0.267 e. The van der Waals surface area contributed by atoms with Crippen molar-refractivity contribution in [2.75, 3.05) is 6.26 Å². The van der Waals surface area contributed by atoms with Crippen LogP contribution in [0.1, 0.15) is 10.4 Å². The van der Waals surface area contributed by atoms with Crippen LogP contribution in [-0.2, 0) is 10.0 Å². The molecule has 0 unspecified atom stereocenters. The highest BCUT2D eigenvalue weighted by molar-refractivity contribution is 7.89. The predicted molar refractivity (Wildman–Crippen MR) is 119 cm³/mol. The van der Waals surface area contributed by atoms with Gasteiger partial charge in [-0.3, -0.25) is 9.36 Å². The number of nitrogens with one attached hydrogen (secondary N) is 1. The van der Waals surface area contributed by atoms with Crippen molar-refractivity contribution in [3.63, 3.8) is 0 Å². The Bertz CT molecular complexity index is 1490. The summed E-state index contributed by atoms with van der Waals surface area (Å²) in [5.41, 5.74) is 1.19. The molecule has 0 bridgehead atoms. The summed E-state index contributed by atoms with van der Waals surface area (Å²) in [5, 5.41) is 0.924. The molecular formula is C21H13Cl2F2N3O3S. The molecule has 11 heteroatoms. The van der Waals surface area contributed by atoms with E-state index >= 15 is 0 Å². The van der Waals surface area contributed by atoms with Crippen LogP contribution in [0, 0.1) is 11.6 Å². The van der Waals surface area contributed by atoms with Crippen LogP contribution in [0.25, 0.3) is 27.8 Å². The zero-order valence-electron chi connectivity index (χ0n) is 16.2. The van der Waals surface area contributed by atoms with Gasteiger partial charge < -0.3 is 0 Å². The van der Waals surface area contributed by atoms with Gasteiger partial charge in [-0.25, -0.2) is 26.9 Å². The van der Waals surface area contributed by atoms with Gasteiger partial charge in [0.1, 0.15) is 17.3 Å². The largest absolute Gasteiger partial charge is 0.299 e. The fraction of sp³-hybridized carbons (Fsp3) is 0.0476. The molecular weight excluding hydrogens is 483 g/mol. The number of fused-ring (bicyclic) bond motifs is 1. The van der Waals surface area contributed by atoms with E-state index in [4.69, 9.17) is 23.2 Å². The average molecular weight is 496 g/mol. The number of sulfonamides is 1. The first-order valence-electron chi connectivity index (χ1n) is 8.97. The third kappa shape index (κ3) is 4.32. The molecule has 2 aromatic carbocycles. The molecule has 0 spiro atoms. The van der Waals surface area contributed by atoms with E-state index in [1.54, 1.807) is 35.2 Å². The molecule has 4 rings (SSSR count). The van der Waals surface area contributed by atoms with E-state index in [1.807, 2.05) is 0 Å². The Balaban J connectivity index is 1.90. The van der Waals surface area contributed by atoms with E-state index in [2.05, 4.69) is 4.98 Å². The van der Waals surface area contributed by atoms with Crippen molar-refractivity contribution in [2.24, 2.45) is 0 Å². The molecule has 0 saturated carbocycles. The Morgan fingerprint density at radius 3 is 2.44 bits per heavy atom. The zero-order chi connectivity index (χ0) is 23.2. The fourth-order valence-corrected chi connectivity index (χ4v) is 4.07. The molecule has 6 nitrogen and oxygen atoms in total. The molecule has 0 aliphatic carbocycles. The van der Waals surface area contributed by atoms with Crippen molar-refractivity contribution in [3.05, 3.63) is 82.1 Å². The lowest BCUT2D eigenvalue weighted by molar-refractivity contribution is 0.0978. The molecule has 0 radical (unpaired) electrons. The first-order valence-corrected chi connectivity index (χ1v) is 11.6. The number of halogens is 4. The van der Waals surface area contributed by atoms with Crippen LogP contribution < -0.4 is 4.72 Å². The van der Waals surface area contributed by atoms with E-state index in [0.29, 0.717) is 27.2 Å². The second kappa shape index (κ2) is 8.16. The van der Waals surface area contributed by atoms with Crippen molar-refractivity contribution in [1.29, 1.82) is 0 Å². The van der Waals surface area contributed by atoms with Crippen LogP contribution in [0.4, 0.5) is 8.78 Å². The maximum atomic E-state index is 14.8. The first kappa shape index (κ1) is 22.2. The van der Waals surface area contributed by atoms with Gasteiger partial charge in [-0.2, -0.15) is 0 Å². The number of carbonyl (C=O) groups excluding carboxylic acids is 1. The summed E-state index contributed by atoms with van der Waals surface area (Å²) in [5.74, 6) is -2.71. The van der Waals surface area contributed by atoms with Crippen molar-refractivity contribution in [3.8, 4) is 16.8 Å². The summed E-state index contributed by atoms with van der Waals surface area (Å²) in [7, 11) is -3.90. The number of aromatic nitrogens is 2. The van der Waals surface area contributed by atoms with E-state index in [0.717, 1.165) is 24.6 Å². The molecule has 4 aromatic rings. The van der Waals surface area contributed by atoms with Crippen molar-refractivity contribution in [2.45, 2.75) is 0 Å². The first-order chi connectivity index (χ1) is 15.0. The molecule has 0 fully saturated rings. The number of carbonyl (C=O) groups is 1. The van der Waals surface area contributed by atoms with Gasteiger partial charge in [0.25, 0.3) is 5.91 Å². The van der Waals surface area contributed by atoms with Gasteiger partial charge >= 0.3 is 0 Å². The van der Waals surface area contributed by atoms with Gasteiger partial charge in [-0.15, -0.1) is 0 Å². The van der Waals surface area contributed by atoms with E-state index in [1.165, 1.54) is 10.6 Å². The SMILES string of the molecule is CS(=O)(=O)NC(=O)c1cc(Cl)c(-n2cc(-c3ccc(Cl)cc3)c3cc(F)cnc32)cc1F. The number of nitrogens with zero attached hydrogens (tertiary/aromatic N) is 2. The lowest BCUT2D eigenvalue weighted by Crippen LogP contribution is -2.30. The summed E-state index contributed by atoms with van der Waals surface area (Å²) in [6, 6.07) is 10.1. The standard InChI is InChI=1S/C21H13Cl2F2N3O3S/c1-32(30,31)27-21(29)15-7-17(23)19(8-18(15)25)28-10-16(11-2-4-12(22)5-3-11)14-6-13(24)9-26-20(14)28/h2-10H,1H3,(H,27,29). The topological polar surface area (TPSA) is 81.1 Å². The van der Waals surface area contributed by atoms with Crippen LogP contribution >= 0.6 is 23.2 Å². The minimum atomic E-state index is -3.90. The van der Waals surface area contributed by atoms with Gasteiger partial charge in [0.05, 0.1) is 28.7 Å². The second-order valence-electron chi connectivity index (χ2n) is 6.93. The highest BCUT2D eigenvalue weighted by Gasteiger charge is 2.21. The summed E-state index contributed by atoms with van der Waals surface area (Å²) in [6.07, 6.45) is 3.40. The number of pyridine rings is 1. The zero-order valence-corrected chi connectivity index (χ0v) is 18.6. The van der Waals surface area contributed by atoms with E-state index < -0.39 is 33.1 Å². The quantitative estimate of drug-likeness (QED) is 0.433. The summed E-state index contributed by atoms with van der Waals surface area (Å²) >= 11 is 12.3. The lowest BCUT2D eigenvalue weighted by atomic mass is 10.1. The number of hydrogen-bond donors (Lipinski definition) is 1. The number of rotatable bonds is 4. The van der Waals surface area contributed by atoms with E-state index in [-0.39, 0.29) is 10.7 Å². The maximum absolute atomic E-state index is 14.8. The predicted octanol–water partition coefficient (Wildman–Crippen LogP) is 4.97. The summed E-state index contributed by atoms with van der Waals surface area (Å²) in [6.45, 7) is 0. The molecule has 32 heavy (non-hydrogen) atoms. The number of amides is 1. The second-order valence-corrected chi connectivity index (χ2v) is 9.52. The molecule has 2 heterocycles. The Morgan fingerprint density at radius 1 is 1.09 bits per heavy atom. The third-order valence-electron chi connectivity index (χ3n) is 4.58. The highest BCUT2D eigenvalue weighted by Crippen LogP contribution is 2.35. The van der Waals surface area contributed by atoms with Crippen molar-refractivity contribution < 1.29 is 22.0 Å². The number of benzene rings is 2. The number of hydrogen-bond acceptors (Lipinski definition) is 4. The molecule has 164 valence electrons. The Morgan fingerprint density at radius 2 is 1.78 bits per heavy atom. The molecule has 1 N–H and O–H groups in total. The average Bonchev–Trinajstić information content (AvgIpc) is 3.07. The maximum Gasteiger partial charge on any atom is 0.267 e. The minimum absolute atomic E-state index is 0.0456. The highest BCUT2D eigenvalue weighted by atomic mass is 35.5. The molecule has 0 aliphatic rings. The molecule has 0 saturated heterocycles.